The lowest BCUT2D eigenvalue weighted by atomic mass is 10.3. The number of rotatable bonds is 5. The number of benzene rings is 1. The summed E-state index contributed by atoms with van der Waals surface area (Å²) in [5.41, 5.74) is 8.28. The van der Waals surface area contributed by atoms with Crippen molar-refractivity contribution in [2.75, 3.05) is 6.54 Å². The van der Waals surface area contributed by atoms with Gasteiger partial charge in [0.1, 0.15) is 5.82 Å². The first kappa shape index (κ1) is 14.8. The Balaban J connectivity index is 1.98. The van der Waals surface area contributed by atoms with Crippen LogP contribution in [0.15, 0.2) is 53.7 Å². The average Bonchev–Trinajstić information content (AvgIpc) is 2.92. The molecule has 0 spiro atoms. The van der Waals surface area contributed by atoms with Crippen LogP contribution in [0.2, 0.25) is 0 Å². The second-order valence-corrected chi connectivity index (χ2v) is 4.74. The number of nitrogens with two attached hydrogens (primary N) is 1. The fourth-order valence-corrected chi connectivity index (χ4v) is 1.65. The highest BCUT2D eigenvalue weighted by Gasteiger charge is 2.01. The van der Waals surface area contributed by atoms with Crippen molar-refractivity contribution in [2.24, 2.45) is 10.7 Å². The van der Waals surface area contributed by atoms with Gasteiger partial charge >= 0.3 is 0 Å². The minimum absolute atomic E-state index is 0.271. The van der Waals surface area contributed by atoms with Crippen molar-refractivity contribution in [3.05, 3.63) is 60.2 Å². The Hall–Kier alpha value is -2.63. The lowest BCUT2D eigenvalue weighted by molar-refractivity contribution is 0.627. The molecule has 0 saturated carbocycles. The molecule has 21 heavy (non-hydrogen) atoms. The highest BCUT2D eigenvalue weighted by molar-refractivity contribution is 5.77. The molecule has 0 bridgehead atoms. The summed E-state index contributed by atoms with van der Waals surface area (Å²) in [6, 6.07) is 7.97. The van der Waals surface area contributed by atoms with E-state index in [9.17, 15) is 4.39 Å². The summed E-state index contributed by atoms with van der Waals surface area (Å²) in [5.74, 6) is 0.0846. The van der Waals surface area contributed by atoms with Gasteiger partial charge in [0.2, 0.25) is 0 Å². The maximum Gasteiger partial charge on any atom is 0.189 e. The zero-order valence-electron chi connectivity index (χ0n) is 11.9. The number of aromatic nitrogens is 2. The van der Waals surface area contributed by atoms with Crippen molar-refractivity contribution in [2.45, 2.75) is 13.5 Å². The van der Waals surface area contributed by atoms with Gasteiger partial charge in [0.15, 0.2) is 5.96 Å². The van der Waals surface area contributed by atoms with E-state index in [1.807, 2.05) is 13.0 Å². The average molecular weight is 287 g/mol. The molecule has 2 rings (SSSR count). The van der Waals surface area contributed by atoms with Crippen LogP contribution in [0.5, 0.6) is 0 Å². The van der Waals surface area contributed by atoms with Gasteiger partial charge in [-0.05, 0) is 37.3 Å². The van der Waals surface area contributed by atoms with Crippen LogP contribution < -0.4 is 11.1 Å². The Morgan fingerprint density at radius 2 is 2.10 bits per heavy atom. The largest absolute Gasteiger partial charge is 0.370 e. The quantitative estimate of drug-likeness (QED) is 0.502. The second-order valence-electron chi connectivity index (χ2n) is 4.74. The SMILES string of the molecule is C=C(C)CNC(N)=NCc1ccn(-c2ccc(F)cc2)n1. The molecule has 3 N–H and O–H groups in total. The van der Waals surface area contributed by atoms with Gasteiger partial charge in [0.05, 0.1) is 17.9 Å². The molecule has 0 aliphatic rings. The first-order valence-corrected chi connectivity index (χ1v) is 6.53. The monoisotopic (exact) mass is 287 g/mol. The number of guanidine groups is 1. The van der Waals surface area contributed by atoms with E-state index in [4.69, 9.17) is 5.73 Å². The Morgan fingerprint density at radius 3 is 2.76 bits per heavy atom. The molecule has 1 aromatic carbocycles. The Bertz CT molecular complexity index is 642. The van der Waals surface area contributed by atoms with Gasteiger partial charge in [-0.25, -0.2) is 14.1 Å². The molecule has 110 valence electrons. The van der Waals surface area contributed by atoms with Crippen LogP contribution in [0.1, 0.15) is 12.6 Å². The van der Waals surface area contributed by atoms with Crippen LogP contribution in [0.25, 0.3) is 5.69 Å². The van der Waals surface area contributed by atoms with E-state index < -0.39 is 0 Å². The second kappa shape index (κ2) is 6.69. The molecular weight excluding hydrogens is 269 g/mol. The van der Waals surface area contributed by atoms with Crippen LogP contribution in [0, 0.1) is 5.82 Å². The zero-order chi connectivity index (χ0) is 15.2. The van der Waals surface area contributed by atoms with Crippen molar-refractivity contribution >= 4 is 5.96 Å². The van der Waals surface area contributed by atoms with Crippen LogP contribution in [-0.2, 0) is 6.54 Å². The van der Waals surface area contributed by atoms with Crippen molar-refractivity contribution < 1.29 is 4.39 Å². The summed E-state index contributed by atoms with van der Waals surface area (Å²) in [4.78, 5) is 4.19. The van der Waals surface area contributed by atoms with E-state index in [0.29, 0.717) is 19.0 Å². The molecule has 0 saturated heterocycles. The highest BCUT2D eigenvalue weighted by Crippen LogP contribution is 2.09. The summed E-state index contributed by atoms with van der Waals surface area (Å²) in [7, 11) is 0. The molecule has 0 aliphatic carbocycles. The van der Waals surface area contributed by atoms with E-state index in [0.717, 1.165) is 17.0 Å². The molecule has 1 aromatic heterocycles. The molecule has 0 atom stereocenters. The first-order chi connectivity index (χ1) is 10.0. The lowest BCUT2D eigenvalue weighted by Gasteiger charge is -2.04. The van der Waals surface area contributed by atoms with E-state index >= 15 is 0 Å². The molecule has 0 fully saturated rings. The number of halogens is 1. The molecule has 6 heteroatoms. The zero-order valence-corrected chi connectivity index (χ0v) is 11.9. The van der Waals surface area contributed by atoms with Crippen LogP contribution in [0.3, 0.4) is 0 Å². The molecule has 0 radical (unpaired) electrons. The minimum Gasteiger partial charge on any atom is -0.370 e. The van der Waals surface area contributed by atoms with Crippen molar-refractivity contribution in [1.82, 2.24) is 15.1 Å². The molecular formula is C15H18FN5. The van der Waals surface area contributed by atoms with Gasteiger partial charge in [0.25, 0.3) is 0 Å². The third-order valence-electron chi connectivity index (χ3n) is 2.72. The fourth-order valence-electron chi connectivity index (χ4n) is 1.65. The van der Waals surface area contributed by atoms with Crippen molar-refractivity contribution in [1.29, 1.82) is 0 Å². The van der Waals surface area contributed by atoms with Gasteiger partial charge in [0, 0.05) is 12.7 Å². The third-order valence-corrected chi connectivity index (χ3v) is 2.72. The number of hydrogen-bond donors (Lipinski definition) is 2. The Morgan fingerprint density at radius 1 is 1.38 bits per heavy atom. The van der Waals surface area contributed by atoms with E-state index in [-0.39, 0.29) is 5.82 Å². The summed E-state index contributed by atoms with van der Waals surface area (Å²) >= 11 is 0. The number of aliphatic imine (C=N–C) groups is 1. The maximum atomic E-state index is 12.9. The molecule has 5 nitrogen and oxygen atoms in total. The predicted molar refractivity (Wildman–Crippen MR) is 81.7 cm³/mol. The van der Waals surface area contributed by atoms with Gasteiger partial charge in [-0.3, -0.25) is 0 Å². The van der Waals surface area contributed by atoms with Gasteiger partial charge in [-0.1, -0.05) is 12.2 Å². The van der Waals surface area contributed by atoms with Gasteiger partial charge in [-0.2, -0.15) is 5.10 Å². The van der Waals surface area contributed by atoms with Crippen molar-refractivity contribution in [3.8, 4) is 5.69 Å². The lowest BCUT2D eigenvalue weighted by Crippen LogP contribution is -2.32. The van der Waals surface area contributed by atoms with Gasteiger partial charge < -0.3 is 11.1 Å². The highest BCUT2D eigenvalue weighted by atomic mass is 19.1. The molecule has 0 unspecified atom stereocenters. The molecule has 0 aliphatic heterocycles. The maximum absolute atomic E-state index is 12.9. The fraction of sp³-hybridized carbons (Fsp3) is 0.200. The Labute approximate surface area is 123 Å². The number of nitrogens with zero attached hydrogens (tertiary/aromatic N) is 3. The number of nitrogens with one attached hydrogen (secondary N) is 1. The summed E-state index contributed by atoms with van der Waals surface area (Å²) in [6.07, 6.45) is 1.80. The number of hydrogen-bond acceptors (Lipinski definition) is 2. The van der Waals surface area contributed by atoms with Crippen molar-refractivity contribution in [3.63, 3.8) is 0 Å². The van der Waals surface area contributed by atoms with Crippen LogP contribution in [-0.4, -0.2) is 22.3 Å². The topological polar surface area (TPSA) is 68.2 Å². The summed E-state index contributed by atoms with van der Waals surface area (Å²) < 4.78 is 14.5. The van der Waals surface area contributed by atoms with E-state index in [1.165, 1.54) is 12.1 Å². The first-order valence-electron chi connectivity index (χ1n) is 6.53. The predicted octanol–water partition coefficient (Wildman–Crippen LogP) is 1.99. The normalized spacial score (nSPS) is 11.4. The Kier molecular flexibility index (Phi) is 4.71. The third kappa shape index (κ3) is 4.45. The molecule has 1 heterocycles. The van der Waals surface area contributed by atoms with E-state index in [2.05, 4.69) is 22.0 Å². The summed E-state index contributed by atoms with van der Waals surface area (Å²) in [6.45, 7) is 6.66. The summed E-state index contributed by atoms with van der Waals surface area (Å²) in [5, 5.41) is 7.31. The minimum atomic E-state index is -0.271. The van der Waals surface area contributed by atoms with E-state index in [1.54, 1.807) is 23.0 Å². The van der Waals surface area contributed by atoms with Gasteiger partial charge in [-0.15, -0.1) is 0 Å². The van der Waals surface area contributed by atoms with Crippen LogP contribution in [0.4, 0.5) is 4.39 Å². The molecule has 0 amide bonds. The smallest absolute Gasteiger partial charge is 0.189 e. The van der Waals surface area contributed by atoms with Crippen LogP contribution >= 0.6 is 0 Å². The standard InChI is InChI=1S/C15H18FN5/c1-11(2)9-18-15(17)19-10-13-7-8-21(20-13)14-5-3-12(16)4-6-14/h3-8H,1,9-10H2,2H3,(H3,17,18,19). The molecule has 2 aromatic rings.